The number of pyridine rings is 1. The minimum atomic E-state index is -0.237. The summed E-state index contributed by atoms with van der Waals surface area (Å²) in [6.45, 7) is 4.43. The number of thioether (sulfide) groups is 1. The number of carbonyl (C=O) groups is 1. The second kappa shape index (κ2) is 11.7. The van der Waals surface area contributed by atoms with Gasteiger partial charge in [0.1, 0.15) is 11.3 Å². The average Bonchev–Trinajstić information content (AvgIpc) is 3.26. The summed E-state index contributed by atoms with van der Waals surface area (Å²) in [6, 6.07) is 18.1. The van der Waals surface area contributed by atoms with Crippen molar-refractivity contribution in [3.63, 3.8) is 0 Å². The molecule has 2 aromatic carbocycles. The first-order chi connectivity index (χ1) is 17.7. The third kappa shape index (κ3) is 6.12. The van der Waals surface area contributed by atoms with Crippen LogP contribution in [0.1, 0.15) is 40.7 Å². The van der Waals surface area contributed by atoms with E-state index in [9.17, 15) is 9.18 Å². The molecule has 1 fully saturated rings. The lowest BCUT2D eigenvalue weighted by Crippen LogP contribution is -2.37. The van der Waals surface area contributed by atoms with Crippen molar-refractivity contribution in [2.45, 2.75) is 36.7 Å². The fraction of sp³-hybridized carbons (Fsp3) is 0.321. The number of fused-ring (bicyclic) bond motifs is 1. The van der Waals surface area contributed by atoms with Gasteiger partial charge in [-0.15, -0.1) is 0 Å². The molecule has 0 unspecified atom stereocenters. The zero-order valence-corrected chi connectivity index (χ0v) is 21.0. The molecule has 0 spiro atoms. The minimum absolute atomic E-state index is 0.0381. The molecule has 0 saturated carbocycles. The van der Waals surface area contributed by atoms with Gasteiger partial charge < -0.3 is 10.2 Å². The highest BCUT2D eigenvalue weighted by atomic mass is 32.2. The van der Waals surface area contributed by atoms with Crippen LogP contribution in [0.2, 0.25) is 0 Å². The van der Waals surface area contributed by atoms with E-state index in [0.717, 1.165) is 47.1 Å². The molecular formula is C28H30FN5OS. The lowest BCUT2D eigenvalue weighted by molar-refractivity contribution is 0.0946. The molecule has 1 aliphatic rings. The van der Waals surface area contributed by atoms with E-state index in [2.05, 4.69) is 19.8 Å². The first kappa shape index (κ1) is 24.5. The van der Waals surface area contributed by atoms with Crippen molar-refractivity contribution in [3.05, 3.63) is 89.4 Å². The summed E-state index contributed by atoms with van der Waals surface area (Å²) in [5.41, 5.74) is 4.41. The zero-order valence-electron chi connectivity index (χ0n) is 20.2. The molecule has 6 nitrogen and oxygen atoms in total. The topological polar surface area (TPSA) is 63.1 Å². The third-order valence-electron chi connectivity index (χ3n) is 6.47. The smallest absolute Gasteiger partial charge is 0.251 e. The quantitative estimate of drug-likeness (QED) is 0.321. The molecule has 36 heavy (non-hydrogen) atoms. The highest BCUT2D eigenvalue weighted by Crippen LogP contribution is 2.27. The van der Waals surface area contributed by atoms with Crippen LogP contribution in [0.3, 0.4) is 0 Å². The van der Waals surface area contributed by atoms with Gasteiger partial charge >= 0.3 is 0 Å². The molecule has 1 N–H and O–H groups in total. The molecule has 0 bridgehead atoms. The Labute approximate surface area is 214 Å². The van der Waals surface area contributed by atoms with Crippen LogP contribution in [0.25, 0.3) is 11.2 Å². The predicted octanol–water partition coefficient (Wildman–Crippen LogP) is 5.13. The number of benzene rings is 2. The predicted molar refractivity (Wildman–Crippen MR) is 142 cm³/mol. The molecule has 3 heterocycles. The molecule has 0 aliphatic carbocycles. The van der Waals surface area contributed by atoms with Gasteiger partial charge in [-0.3, -0.25) is 9.36 Å². The molecule has 2 aromatic heterocycles. The highest BCUT2D eigenvalue weighted by molar-refractivity contribution is 7.98. The number of aromatic nitrogens is 3. The summed E-state index contributed by atoms with van der Waals surface area (Å²) >= 11 is 1.60. The van der Waals surface area contributed by atoms with E-state index in [1.54, 1.807) is 30.1 Å². The number of nitrogens with one attached hydrogen (secondary N) is 1. The van der Waals surface area contributed by atoms with Crippen molar-refractivity contribution >= 4 is 28.8 Å². The van der Waals surface area contributed by atoms with Gasteiger partial charge in [-0.25, -0.2) is 14.4 Å². The molecule has 5 rings (SSSR count). The number of rotatable bonds is 9. The Bertz CT molecular complexity index is 1300. The molecule has 1 amide bonds. The Morgan fingerprint density at radius 2 is 1.72 bits per heavy atom. The van der Waals surface area contributed by atoms with Crippen molar-refractivity contribution in [3.8, 4) is 0 Å². The summed E-state index contributed by atoms with van der Waals surface area (Å²) in [5.74, 6) is 0.406. The maximum atomic E-state index is 13.3. The van der Waals surface area contributed by atoms with E-state index in [1.807, 2.05) is 36.4 Å². The number of nitrogens with zero attached hydrogens (tertiary/aromatic N) is 4. The van der Waals surface area contributed by atoms with Crippen LogP contribution in [0, 0.1) is 5.82 Å². The molecule has 1 saturated heterocycles. The van der Waals surface area contributed by atoms with Crippen molar-refractivity contribution in [1.82, 2.24) is 24.8 Å². The van der Waals surface area contributed by atoms with Gasteiger partial charge in [0.05, 0.1) is 6.54 Å². The lowest BCUT2D eigenvalue weighted by Gasteiger charge is -2.26. The number of carbonyl (C=O) groups excluding carboxylic acids is 1. The van der Waals surface area contributed by atoms with E-state index < -0.39 is 0 Å². The summed E-state index contributed by atoms with van der Waals surface area (Å²) in [6.07, 6.45) is 5.59. The monoisotopic (exact) mass is 503 g/mol. The second-order valence-electron chi connectivity index (χ2n) is 9.10. The van der Waals surface area contributed by atoms with Crippen LogP contribution in [-0.4, -0.2) is 51.5 Å². The Balaban J connectivity index is 1.24. The number of hydrogen-bond acceptors (Lipinski definition) is 5. The Hall–Kier alpha value is -3.23. The Morgan fingerprint density at radius 3 is 2.50 bits per heavy atom. The van der Waals surface area contributed by atoms with Crippen LogP contribution >= 0.6 is 11.8 Å². The van der Waals surface area contributed by atoms with Gasteiger partial charge in [0.25, 0.3) is 5.91 Å². The summed E-state index contributed by atoms with van der Waals surface area (Å²) in [4.78, 5) is 24.4. The van der Waals surface area contributed by atoms with Crippen LogP contribution < -0.4 is 5.32 Å². The Kier molecular flexibility index (Phi) is 7.93. The first-order valence-electron chi connectivity index (χ1n) is 12.4. The SMILES string of the molecule is O=C(NCCN1CCCCC1)c1ccc(Cn2c(SCc3ccc(F)cc3)nc3cccnc32)cc1. The number of amides is 1. The number of imidazole rings is 1. The van der Waals surface area contributed by atoms with Crippen LogP contribution in [-0.2, 0) is 12.3 Å². The van der Waals surface area contributed by atoms with Crippen LogP contribution in [0.4, 0.5) is 4.39 Å². The highest BCUT2D eigenvalue weighted by Gasteiger charge is 2.14. The maximum Gasteiger partial charge on any atom is 0.251 e. The first-order valence-corrected chi connectivity index (χ1v) is 13.4. The third-order valence-corrected chi connectivity index (χ3v) is 7.52. The summed E-state index contributed by atoms with van der Waals surface area (Å²) in [5, 5.41) is 3.90. The average molecular weight is 504 g/mol. The van der Waals surface area contributed by atoms with E-state index in [0.29, 0.717) is 24.4 Å². The molecule has 0 atom stereocenters. The van der Waals surface area contributed by atoms with Gasteiger partial charge in [0.15, 0.2) is 10.8 Å². The Morgan fingerprint density at radius 1 is 0.972 bits per heavy atom. The molecule has 4 aromatic rings. The van der Waals surface area contributed by atoms with E-state index in [-0.39, 0.29) is 11.7 Å². The molecule has 0 radical (unpaired) electrons. The number of hydrogen-bond donors (Lipinski definition) is 1. The van der Waals surface area contributed by atoms with Crippen LogP contribution in [0.5, 0.6) is 0 Å². The van der Waals surface area contributed by atoms with Crippen molar-refractivity contribution in [2.24, 2.45) is 0 Å². The van der Waals surface area contributed by atoms with Gasteiger partial charge in [-0.1, -0.05) is 42.4 Å². The normalized spacial score (nSPS) is 14.2. The number of likely N-dealkylation sites (tertiary alicyclic amines) is 1. The molecule has 1 aliphatic heterocycles. The van der Waals surface area contributed by atoms with Gasteiger partial charge in [0.2, 0.25) is 0 Å². The lowest BCUT2D eigenvalue weighted by atomic mass is 10.1. The summed E-state index contributed by atoms with van der Waals surface area (Å²) in [7, 11) is 0. The van der Waals surface area contributed by atoms with E-state index in [4.69, 9.17) is 4.98 Å². The van der Waals surface area contributed by atoms with E-state index >= 15 is 0 Å². The number of halogens is 1. The van der Waals surface area contributed by atoms with Gasteiger partial charge in [0, 0.05) is 30.6 Å². The van der Waals surface area contributed by atoms with Gasteiger partial charge in [-0.2, -0.15) is 0 Å². The molecule has 186 valence electrons. The molecular weight excluding hydrogens is 473 g/mol. The van der Waals surface area contributed by atoms with Gasteiger partial charge in [-0.05, 0) is 73.5 Å². The maximum absolute atomic E-state index is 13.3. The fourth-order valence-corrected chi connectivity index (χ4v) is 5.43. The van der Waals surface area contributed by atoms with Crippen LogP contribution in [0.15, 0.2) is 72.0 Å². The molecule has 8 heteroatoms. The van der Waals surface area contributed by atoms with Crippen molar-refractivity contribution in [1.29, 1.82) is 0 Å². The standard InChI is InChI=1S/C28H30FN5OS/c29-24-12-8-22(9-13-24)20-36-28-32-25-5-4-14-30-26(25)34(28)19-21-6-10-23(11-7-21)27(35)31-15-18-33-16-2-1-3-17-33/h4-14H,1-3,15-20H2,(H,31,35). The van der Waals surface area contributed by atoms with Crippen molar-refractivity contribution < 1.29 is 9.18 Å². The fourth-order valence-electron chi connectivity index (χ4n) is 4.48. The minimum Gasteiger partial charge on any atom is -0.351 e. The van der Waals surface area contributed by atoms with E-state index in [1.165, 1.54) is 31.4 Å². The zero-order chi connectivity index (χ0) is 24.7. The second-order valence-corrected chi connectivity index (χ2v) is 10.0. The van der Waals surface area contributed by atoms with Crippen molar-refractivity contribution in [2.75, 3.05) is 26.2 Å². The number of piperidine rings is 1. The largest absolute Gasteiger partial charge is 0.351 e. The summed E-state index contributed by atoms with van der Waals surface area (Å²) < 4.78 is 15.3.